The van der Waals surface area contributed by atoms with E-state index in [-0.39, 0.29) is 17.3 Å². The third kappa shape index (κ3) is 4.23. The first-order valence-corrected chi connectivity index (χ1v) is 9.50. The summed E-state index contributed by atoms with van der Waals surface area (Å²) in [4.78, 5) is 36.5. The number of hydrogen-bond acceptors (Lipinski definition) is 6. The highest BCUT2D eigenvalue weighted by Gasteiger charge is 2.28. The molecule has 0 radical (unpaired) electrons. The first-order chi connectivity index (χ1) is 14.9. The highest BCUT2D eigenvalue weighted by Crippen LogP contribution is 2.35. The molecule has 3 aromatic rings. The highest BCUT2D eigenvalue weighted by molar-refractivity contribution is 6.14. The molecule has 0 N–H and O–H groups in total. The zero-order chi connectivity index (χ0) is 22.0. The van der Waals surface area contributed by atoms with Crippen molar-refractivity contribution in [2.45, 2.75) is 6.92 Å². The lowest BCUT2D eigenvalue weighted by Gasteiger charge is -2.06. The first-order valence-electron chi connectivity index (χ1n) is 9.50. The van der Waals surface area contributed by atoms with E-state index < -0.39 is 11.9 Å². The van der Waals surface area contributed by atoms with E-state index in [4.69, 9.17) is 9.47 Å². The average molecular weight is 414 g/mol. The Morgan fingerprint density at radius 2 is 1.68 bits per heavy atom. The number of methoxy groups -OCH3 is 1. The van der Waals surface area contributed by atoms with Crippen LogP contribution in [0.1, 0.15) is 42.2 Å². The van der Waals surface area contributed by atoms with Gasteiger partial charge in [-0.05, 0) is 55.0 Å². The van der Waals surface area contributed by atoms with Gasteiger partial charge in [-0.25, -0.2) is 9.59 Å². The first kappa shape index (κ1) is 20.1. The smallest absolute Gasteiger partial charge is 0.343 e. The number of rotatable bonds is 4. The Labute approximate surface area is 178 Å². The van der Waals surface area contributed by atoms with Gasteiger partial charge in [0, 0.05) is 6.07 Å². The van der Waals surface area contributed by atoms with E-state index in [2.05, 4.69) is 4.74 Å². The van der Waals surface area contributed by atoms with Crippen molar-refractivity contribution in [3.05, 3.63) is 100 Å². The van der Waals surface area contributed by atoms with Gasteiger partial charge in [-0.15, -0.1) is 0 Å². The van der Waals surface area contributed by atoms with E-state index in [1.165, 1.54) is 13.2 Å². The molecular formula is C25H18O6. The summed E-state index contributed by atoms with van der Waals surface area (Å²) in [5.74, 6) is -0.465. The van der Waals surface area contributed by atoms with Crippen molar-refractivity contribution >= 4 is 23.8 Å². The molecule has 3 aromatic carbocycles. The second-order valence-corrected chi connectivity index (χ2v) is 6.97. The molecular weight excluding hydrogens is 396 g/mol. The summed E-state index contributed by atoms with van der Waals surface area (Å²) in [6.07, 6.45) is 1.59. The molecule has 0 aliphatic carbocycles. The Morgan fingerprint density at radius 1 is 0.903 bits per heavy atom. The van der Waals surface area contributed by atoms with Crippen LogP contribution in [0.15, 0.2) is 72.5 Å². The zero-order valence-electron chi connectivity index (χ0n) is 16.9. The molecule has 0 atom stereocenters. The summed E-state index contributed by atoms with van der Waals surface area (Å²) in [6, 6.07) is 18.3. The molecule has 0 unspecified atom stereocenters. The fourth-order valence-corrected chi connectivity index (χ4v) is 3.15. The molecule has 0 aromatic heterocycles. The summed E-state index contributed by atoms with van der Waals surface area (Å²) in [7, 11) is 1.31. The fourth-order valence-electron chi connectivity index (χ4n) is 3.15. The van der Waals surface area contributed by atoms with Gasteiger partial charge in [-0.1, -0.05) is 29.8 Å². The molecule has 6 nitrogen and oxygen atoms in total. The van der Waals surface area contributed by atoms with Crippen molar-refractivity contribution < 1.29 is 28.6 Å². The quantitative estimate of drug-likeness (QED) is 0.352. The van der Waals surface area contributed by atoms with Crippen LogP contribution in [0.25, 0.3) is 6.08 Å². The second kappa shape index (κ2) is 8.28. The van der Waals surface area contributed by atoms with Crippen LogP contribution < -0.4 is 9.47 Å². The SMILES string of the molecule is COC(=O)c1ccc(/C=C2\Oc3cc(OC(=O)c4cccc(C)c4)ccc3C2=O)cc1. The fraction of sp³-hybridized carbons (Fsp3) is 0.0800. The van der Waals surface area contributed by atoms with Crippen LogP contribution >= 0.6 is 0 Å². The molecule has 1 aliphatic heterocycles. The predicted molar refractivity (Wildman–Crippen MR) is 113 cm³/mol. The number of ether oxygens (including phenoxy) is 3. The molecule has 31 heavy (non-hydrogen) atoms. The van der Waals surface area contributed by atoms with E-state index in [1.807, 2.05) is 13.0 Å². The number of ketones is 1. The Balaban J connectivity index is 1.52. The summed E-state index contributed by atoms with van der Waals surface area (Å²) in [5, 5.41) is 0. The van der Waals surface area contributed by atoms with Crippen molar-refractivity contribution in [3.8, 4) is 11.5 Å². The van der Waals surface area contributed by atoms with Gasteiger partial charge in [0.1, 0.15) is 11.5 Å². The van der Waals surface area contributed by atoms with Gasteiger partial charge in [0.25, 0.3) is 0 Å². The molecule has 1 aliphatic rings. The van der Waals surface area contributed by atoms with Crippen LogP contribution in [0, 0.1) is 6.92 Å². The van der Waals surface area contributed by atoms with E-state index in [1.54, 1.807) is 60.7 Å². The normalized spacial score (nSPS) is 13.5. The van der Waals surface area contributed by atoms with E-state index >= 15 is 0 Å². The van der Waals surface area contributed by atoms with Crippen molar-refractivity contribution in [2.24, 2.45) is 0 Å². The van der Waals surface area contributed by atoms with Gasteiger partial charge < -0.3 is 14.2 Å². The van der Waals surface area contributed by atoms with E-state index in [9.17, 15) is 14.4 Å². The highest BCUT2D eigenvalue weighted by atomic mass is 16.5. The minimum atomic E-state index is -0.491. The number of fused-ring (bicyclic) bond motifs is 1. The van der Waals surface area contributed by atoms with Crippen LogP contribution in [-0.4, -0.2) is 24.8 Å². The maximum absolute atomic E-state index is 12.6. The Morgan fingerprint density at radius 3 is 2.39 bits per heavy atom. The number of Topliss-reactive ketones (excluding diaryl/α,β-unsaturated/α-hetero) is 1. The third-order valence-corrected chi connectivity index (χ3v) is 4.74. The van der Waals surface area contributed by atoms with Gasteiger partial charge in [0.2, 0.25) is 5.78 Å². The van der Waals surface area contributed by atoms with Crippen LogP contribution in [0.5, 0.6) is 11.5 Å². The van der Waals surface area contributed by atoms with Gasteiger partial charge >= 0.3 is 11.9 Å². The molecule has 6 heteroatoms. The number of benzene rings is 3. The van der Waals surface area contributed by atoms with Gasteiger partial charge in [-0.2, -0.15) is 0 Å². The Kier molecular flexibility index (Phi) is 5.37. The largest absolute Gasteiger partial charge is 0.465 e. The second-order valence-electron chi connectivity index (χ2n) is 6.97. The predicted octanol–water partition coefficient (Wildman–Crippen LogP) is 4.62. The number of hydrogen-bond donors (Lipinski definition) is 0. The lowest BCUT2D eigenvalue weighted by Crippen LogP contribution is -2.08. The number of carbonyl (C=O) groups excluding carboxylic acids is 3. The number of allylic oxidation sites excluding steroid dienone is 1. The molecule has 0 fully saturated rings. The summed E-state index contributed by atoms with van der Waals surface area (Å²) in [6.45, 7) is 1.89. The number of esters is 2. The summed E-state index contributed by atoms with van der Waals surface area (Å²) >= 11 is 0. The van der Waals surface area contributed by atoms with Crippen LogP contribution in [0.4, 0.5) is 0 Å². The van der Waals surface area contributed by atoms with Gasteiger partial charge in [0.05, 0.1) is 23.8 Å². The van der Waals surface area contributed by atoms with E-state index in [0.29, 0.717) is 28.0 Å². The van der Waals surface area contributed by atoms with Crippen LogP contribution in [0.2, 0.25) is 0 Å². The lowest BCUT2D eigenvalue weighted by molar-refractivity contribution is 0.0600. The monoisotopic (exact) mass is 414 g/mol. The minimum Gasteiger partial charge on any atom is -0.465 e. The maximum atomic E-state index is 12.6. The molecule has 0 saturated heterocycles. The van der Waals surface area contributed by atoms with Crippen molar-refractivity contribution in [2.75, 3.05) is 7.11 Å². The van der Waals surface area contributed by atoms with Crippen LogP contribution in [0.3, 0.4) is 0 Å². The molecule has 154 valence electrons. The molecule has 0 bridgehead atoms. The average Bonchev–Trinajstić information content (AvgIpc) is 3.08. The van der Waals surface area contributed by atoms with Gasteiger partial charge in [-0.3, -0.25) is 4.79 Å². The van der Waals surface area contributed by atoms with Crippen molar-refractivity contribution in [3.63, 3.8) is 0 Å². The molecule has 0 saturated carbocycles. The summed E-state index contributed by atoms with van der Waals surface area (Å²) < 4.78 is 15.8. The van der Waals surface area contributed by atoms with Crippen molar-refractivity contribution in [1.82, 2.24) is 0 Å². The molecule has 1 heterocycles. The Bertz CT molecular complexity index is 1220. The molecule has 4 rings (SSSR count). The third-order valence-electron chi connectivity index (χ3n) is 4.74. The Hall–Kier alpha value is -4.19. The topological polar surface area (TPSA) is 78.9 Å². The molecule has 0 amide bonds. The van der Waals surface area contributed by atoms with Crippen molar-refractivity contribution in [1.29, 1.82) is 0 Å². The number of aryl methyl sites for hydroxylation is 1. The number of carbonyl (C=O) groups is 3. The minimum absolute atomic E-state index is 0.142. The standard InChI is InChI=1S/C25H18O6/c1-15-4-3-5-18(12-15)25(28)30-19-10-11-20-21(14-19)31-22(23(20)26)13-16-6-8-17(9-7-16)24(27)29-2/h3-14H,1-2H3/b22-13-. The summed E-state index contributed by atoms with van der Waals surface area (Å²) in [5.41, 5.74) is 2.87. The maximum Gasteiger partial charge on any atom is 0.343 e. The van der Waals surface area contributed by atoms with Crippen LogP contribution in [-0.2, 0) is 4.74 Å². The molecule has 0 spiro atoms. The zero-order valence-corrected chi connectivity index (χ0v) is 16.9. The lowest BCUT2D eigenvalue weighted by atomic mass is 10.1. The van der Waals surface area contributed by atoms with E-state index in [0.717, 1.165) is 5.56 Å². The van der Waals surface area contributed by atoms with Gasteiger partial charge in [0.15, 0.2) is 5.76 Å².